The highest BCUT2D eigenvalue weighted by atomic mass is 32.2. The zero-order valence-corrected chi connectivity index (χ0v) is 20.1. The van der Waals surface area contributed by atoms with E-state index in [1.807, 2.05) is 54.7 Å². The van der Waals surface area contributed by atoms with Gasteiger partial charge in [0, 0.05) is 41.7 Å². The second-order valence-corrected chi connectivity index (χ2v) is 9.76. The summed E-state index contributed by atoms with van der Waals surface area (Å²) in [6.07, 6.45) is 3.42. The first-order valence-corrected chi connectivity index (χ1v) is 12.6. The molecular weight excluding hydrogens is 462 g/mol. The molecule has 1 amide bonds. The van der Waals surface area contributed by atoms with Crippen molar-refractivity contribution in [3.05, 3.63) is 108 Å². The van der Waals surface area contributed by atoms with Crippen molar-refractivity contribution in [2.24, 2.45) is 0 Å². The van der Waals surface area contributed by atoms with E-state index in [0.29, 0.717) is 6.54 Å². The minimum Gasteiger partial charge on any atom is -0.497 e. The van der Waals surface area contributed by atoms with E-state index in [1.165, 1.54) is 18.2 Å². The van der Waals surface area contributed by atoms with Gasteiger partial charge in [-0.25, -0.2) is 13.1 Å². The summed E-state index contributed by atoms with van der Waals surface area (Å²) in [5.74, 6) is 0.254. The molecule has 4 aromatic rings. The predicted molar refractivity (Wildman–Crippen MR) is 137 cm³/mol. The van der Waals surface area contributed by atoms with Crippen molar-refractivity contribution in [3.8, 4) is 5.75 Å². The average Bonchev–Trinajstić information content (AvgIpc) is 3.32. The second-order valence-electron chi connectivity index (χ2n) is 7.99. The minimum absolute atomic E-state index is 0.0235. The summed E-state index contributed by atoms with van der Waals surface area (Å²) in [4.78, 5) is 16.4. The summed E-state index contributed by atoms with van der Waals surface area (Å²) >= 11 is 0. The zero-order chi connectivity index (χ0) is 24.8. The van der Waals surface area contributed by atoms with Gasteiger partial charge in [0.15, 0.2) is 0 Å². The molecule has 0 fully saturated rings. The first-order valence-electron chi connectivity index (χ1n) is 11.1. The maximum Gasteiger partial charge on any atom is 0.251 e. The number of ether oxygens (including phenoxy) is 1. The Morgan fingerprint density at radius 2 is 1.86 bits per heavy atom. The Balaban J connectivity index is 1.60. The molecule has 0 aliphatic rings. The summed E-state index contributed by atoms with van der Waals surface area (Å²) in [6.45, 7) is 3.94. The fraction of sp³-hybridized carbons (Fsp3) is 0.148. The smallest absolute Gasteiger partial charge is 0.251 e. The number of rotatable bonds is 10. The number of methoxy groups -OCH3 is 1. The second kappa shape index (κ2) is 10.6. The molecule has 0 aliphatic heterocycles. The molecule has 35 heavy (non-hydrogen) atoms. The van der Waals surface area contributed by atoms with Crippen LogP contribution in [0, 0.1) is 0 Å². The van der Waals surface area contributed by atoms with Gasteiger partial charge in [-0.1, -0.05) is 42.5 Å². The molecule has 0 radical (unpaired) electrons. The van der Waals surface area contributed by atoms with Crippen molar-refractivity contribution < 1.29 is 17.9 Å². The van der Waals surface area contributed by atoms with Crippen molar-refractivity contribution in [1.82, 2.24) is 15.0 Å². The lowest BCUT2D eigenvalue weighted by atomic mass is 9.90. The quantitative estimate of drug-likeness (QED) is 0.291. The molecule has 0 spiro atoms. The van der Waals surface area contributed by atoms with Crippen LogP contribution >= 0.6 is 0 Å². The third-order valence-corrected chi connectivity index (χ3v) is 7.23. The first kappa shape index (κ1) is 24.3. The maximum absolute atomic E-state index is 13.0. The SMILES string of the molecule is C=CCNS(=O)(=O)c1cccc(C(=O)NC[C@@H](c2ccc(OC)cc2)c2c[nH]c3ccccc23)c1. The molecular formula is C27H27N3O4S. The number of amides is 1. The first-order chi connectivity index (χ1) is 16.9. The van der Waals surface area contributed by atoms with Gasteiger partial charge in [0.1, 0.15) is 5.75 Å². The molecule has 0 unspecified atom stereocenters. The van der Waals surface area contributed by atoms with Crippen LogP contribution in [0.15, 0.2) is 96.5 Å². The van der Waals surface area contributed by atoms with Crippen LogP contribution in [0.2, 0.25) is 0 Å². The largest absolute Gasteiger partial charge is 0.497 e. The van der Waals surface area contributed by atoms with Gasteiger partial charge in [-0.05, 0) is 47.5 Å². The molecule has 0 bridgehead atoms. The van der Waals surface area contributed by atoms with Crippen LogP contribution < -0.4 is 14.8 Å². The predicted octanol–water partition coefficient (Wildman–Crippen LogP) is 4.20. The fourth-order valence-corrected chi connectivity index (χ4v) is 5.02. The summed E-state index contributed by atoms with van der Waals surface area (Å²) in [6, 6.07) is 21.7. The van der Waals surface area contributed by atoms with Gasteiger partial charge in [0.25, 0.3) is 5.91 Å². The van der Waals surface area contributed by atoms with Gasteiger partial charge in [-0.2, -0.15) is 0 Å². The van der Waals surface area contributed by atoms with Crippen LogP contribution in [-0.4, -0.2) is 39.5 Å². The van der Waals surface area contributed by atoms with Gasteiger partial charge in [0.2, 0.25) is 10.0 Å². The highest BCUT2D eigenvalue weighted by molar-refractivity contribution is 7.89. The number of carbonyl (C=O) groups excluding carboxylic acids is 1. The van der Waals surface area contributed by atoms with Crippen molar-refractivity contribution in [3.63, 3.8) is 0 Å². The Kier molecular flexibility index (Phi) is 7.33. The number of para-hydroxylation sites is 1. The van der Waals surface area contributed by atoms with E-state index in [4.69, 9.17) is 4.74 Å². The van der Waals surface area contributed by atoms with Crippen LogP contribution in [-0.2, 0) is 10.0 Å². The maximum atomic E-state index is 13.0. The highest BCUT2D eigenvalue weighted by Crippen LogP contribution is 2.31. The average molecular weight is 490 g/mol. The van der Waals surface area contributed by atoms with Gasteiger partial charge >= 0.3 is 0 Å². The van der Waals surface area contributed by atoms with E-state index >= 15 is 0 Å². The molecule has 0 saturated heterocycles. The Morgan fingerprint density at radius 3 is 2.60 bits per heavy atom. The number of carbonyl (C=O) groups is 1. The topological polar surface area (TPSA) is 100 Å². The van der Waals surface area contributed by atoms with Crippen molar-refractivity contribution in [2.75, 3.05) is 20.2 Å². The number of nitrogens with one attached hydrogen (secondary N) is 3. The number of hydrogen-bond donors (Lipinski definition) is 3. The van der Waals surface area contributed by atoms with E-state index in [2.05, 4.69) is 21.6 Å². The Bertz CT molecular complexity index is 1440. The van der Waals surface area contributed by atoms with Crippen LogP contribution in [0.5, 0.6) is 5.75 Å². The Hall–Kier alpha value is -3.88. The third kappa shape index (κ3) is 5.45. The number of fused-ring (bicyclic) bond motifs is 1. The van der Waals surface area contributed by atoms with Gasteiger partial charge < -0.3 is 15.0 Å². The number of aromatic nitrogens is 1. The fourth-order valence-electron chi connectivity index (χ4n) is 3.98. The lowest BCUT2D eigenvalue weighted by molar-refractivity contribution is 0.0952. The lowest BCUT2D eigenvalue weighted by Crippen LogP contribution is -2.29. The molecule has 180 valence electrons. The van der Waals surface area contributed by atoms with Crippen LogP contribution in [0.1, 0.15) is 27.4 Å². The summed E-state index contributed by atoms with van der Waals surface area (Å²) in [5, 5.41) is 4.06. The highest BCUT2D eigenvalue weighted by Gasteiger charge is 2.21. The summed E-state index contributed by atoms with van der Waals surface area (Å²) in [5.41, 5.74) is 3.34. The third-order valence-electron chi connectivity index (χ3n) is 5.81. The number of aromatic amines is 1. The summed E-state index contributed by atoms with van der Waals surface area (Å²) in [7, 11) is -2.12. The van der Waals surface area contributed by atoms with Crippen LogP contribution in [0.4, 0.5) is 0 Å². The molecule has 3 N–H and O–H groups in total. The summed E-state index contributed by atoms with van der Waals surface area (Å²) < 4.78 is 32.6. The Labute approximate surface area is 204 Å². The van der Waals surface area contributed by atoms with Crippen molar-refractivity contribution in [1.29, 1.82) is 0 Å². The van der Waals surface area contributed by atoms with Crippen LogP contribution in [0.3, 0.4) is 0 Å². The molecule has 3 aromatic carbocycles. The number of sulfonamides is 1. The molecule has 1 aromatic heterocycles. The van der Waals surface area contributed by atoms with Crippen molar-refractivity contribution >= 4 is 26.8 Å². The van der Waals surface area contributed by atoms with E-state index in [1.54, 1.807) is 19.2 Å². The molecule has 8 heteroatoms. The molecule has 1 atom stereocenters. The minimum atomic E-state index is -3.74. The van der Waals surface area contributed by atoms with E-state index < -0.39 is 10.0 Å². The lowest BCUT2D eigenvalue weighted by Gasteiger charge is -2.19. The molecule has 0 saturated carbocycles. The molecule has 1 heterocycles. The van der Waals surface area contributed by atoms with Gasteiger partial charge in [-0.3, -0.25) is 4.79 Å². The van der Waals surface area contributed by atoms with Gasteiger partial charge in [-0.15, -0.1) is 6.58 Å². The van der Waals surface area contributed by atoms with E-state index in [0.717, 1.165) is 27.8 Å². The van der Waals surface area contributed by atoms with Crippen LogP contribution in [0.25, 0.3) is 10.9 Å². The normalized spacial score (nSPS) is 12.3. The van der Waals surface area contributed by atoms with Gasteiger partial charge in [0.05, 0.1) is 12.0 Å². The molecule has 0 aliphatic carbocycles. The number of H-pyrrole nitrogens is 1. The van der Waals surface area contributed by atoms with Crippen molar-refractivity contribution in [2.45, 2.75) is 10.8 Å². The van der Waals surface area contributed by atoms with E-state index in [-0.39, 0.29) is 28.8 Å². The zero-order valence-electron chi connectivity index (χ0n) is 19.3. The standard InChI is InChI=1S/C27H27N3O4S/c1-3-15-30-35(32,33)22-8-6-7-20(16-22)27(31)29-17-24(19-11-13-21(34-2)14-12-19)25-18-28-26-10-5-4-9-23(25)26/h3-14,16,18,24,28,30H,1,15,17H2,2H3,(H,29,31)/t24-/m0/s1. The number of benzene rings is 3. The molecule has 7 nitrogen and oxygen atoms in total. The monoisotopic (exact) mass is 489 g/mol. The van der Waals surface area contributed by atoms with E-state index in [9.17, 15) is 13.2 Å². The number of hydrogen-bond acceptors (Lipinski definition) is 4. The Morgan fingerprint density at radius 1 is 1.09 bits per heavy atom. The molecule has 4 rings (SSSR count).